The number of nitrogens with zero attached hydrogens (tertiary/aromatic N) is 1. The second-order valence-electron chi connectivity index (χ2n) is 19.8. The zero-order valence-corrected chi connectivity index (χ0v) is 38.6. The molecule has 0 aliphatic carbocycles. The maximum Gasteiger partial charge on any atom is 0.136 e. The third kappa shape index (κ3) is 7.33. The van der Waals surface area contributed by atoms with Crippen LogP contribution >= 0.6 is 0 Å². The molecule has 0 unspecified atom stereocenters. The first kappa shape index (κ1) is 41.1. The molecule has 0 saturated carbocycles. The summed E-state index contributed by atoms with van der Waals surface area (Å²) in [6.45, 7) is 13.9. The Hall–Kier alpha value is -7.68. The van der Waals surface area contributed by atoms with E-state index >= 15 is 0 Å². The standard InChI is InChI=1S/C64H53NO/c1-63(2,3)47-37-46(38-48(41-47)64(4,5)6)51-29-17-21-43-22-18-31-57(62(43)51)54-27-10-13-33-59(54)65(58-32-12-9-26-53(58)52-30-16-20-42-19-7-8-25-50(42)52)49-24-15-23-44(39-49)45-35-36-56-55-28-11-14-34-60(55)66-61(56)40-45/h7-41H,1-6H3. The smallest absolute Gasteiger partial charge is 0.136 e. The molecule has 0 spiro atoms. The molecule has 0 saturated heterocycles. The number of benzene rings is 10. The van der Waals surface area contributed by atoms with Gasteiger partial charge in [-0.3, -0.25) is 0 Å². The molecule has 0 fully saturated rings. The molecule has 0 N–H and O–H groups in total. The highest BCUT2D eigenvalue weighted by Gasteiger charge is 2.25. The Morgan fingerprint density at radius 2 is 0.848 bits per heavy atom. The highest BCUT2D eigenvalue weighted by Crippen LogP contribution is 2.49. The number of anilines is 3. The van der Waals surface area contributed by atoms with Gasteiger partial charge >= 0.3 is 0 Å². The van der Waals surface area contributed by atoms with Gasteiger partial charge in [0.1, 0.15) is 11.2 Å². The maximum absolute atomic E-state index is 6.41. The first-order valence-corrected chi connectivity index (χ1v) is 23.2. The molecule has 0 amide bonds. The summed E-state index contributed by atoms with van der Waals surface area (Å²) >= 11 is 0. The number of para-hydroxylation sites is 3. The first-order chi connectivity index (χ1) is 32.0. The first-order valence-electron chi connectivity index (χ1n) is 23.2. The number of furan rings is 1. The van der Waals surface area contributed by atoms with E-state index in [0.29, 0.717) is 0 Å². The molecule has 0 atom stereocenters. The van der Waals surface area contributed by atoms with Gasteiger partial charge in [0, 0.05) is 27.6 Å². The molecule has 1 heterocycles. The molecule has 320 valence electrons. The van der Waals surface area contributed by atoms with Gasteiger partial charge in [-0.25, -0.2) is 0 Å². The lowest BCUT2D eigenvalue weighted by Crippen LogP contribution is -2.16. The van der Waals surface area contributed by atoms with Gasteiger partial charge in [0.2, 0.25) is 0 Å². The lowest BCUT2D eigenvalue weighted by atomic mass is 9.78. The minimum atomic E-state index is -0.0135. The summed E-state index contributed by atoms with van der Waals surface area (Å²) < 4.78 is 6.41. The summed E-state index contributed by atoms with van der Waals surface area (Å²) in [5.41, 5.74) is 17.1. The summed E-state index contributed by atoms with van der Waals surface area (Å²) in [5, 5.41) is 7.15. The summed E-state index contributed by atoms with van der Waals surface area (Å²) in [5.74, 6) is 0. The zero-order chi connectivity index (χ0) is 45.2. The quantitative estimate of drug-likeness (QED) is 0.159. The lowest BCUT2D eigenvalue weighted by molar-refractivity contribution is 0.569. The monoisotopic (exact) mass is 851 g/mol. The largest absolute Gasteiger partial charge is 0.456 e. The van der Waals surface area contributed by atoms with Crippen LogP contribution in [0.4, 0.5) is 17.1 Å². The van der Waals surface area contributed by atoms with Crippen molar-refractivity contribution in [3.05, 3.63) is 223 Å². The van der Waals surface area contributed by atoms with Crippen molar-refractivity contribution in [2.24, 2.45) is 0 Å². The molecule has 66 heavy (non-hydrogen) atoms. The van der Waals surface area contributed by atoms with Crippen molar-refractivity contribution < 1.29 is 4.42 Å². The minimum Gasteiger partial charge on any atom is -0.456 e. The van der Waals surface area contributed by atoms with Crippen LogP contribution in [0.3, 0.4) is 0 Å². The van der Waals surface area contributed by atoms with Crippen LogP contribution in [-0.4, -0.2) is 0 Å². The van der Waals surface area contributed by atoms with Crippen molar-refractivity contribution in [3.8, 4) is 44.5 Å². The van der Waals surface area contributed by atoms with Gasteiger partial charge in [0.05, 0.1) is 11.4 Å². The predicted octanol–water partition coefficient (Wildman–Crippen LogP) is 18.6. The van der Waals surface area contributed by atoms with Crippen LogP contribution in [0.2, 0.25) is 0 Å². The number of fused-ring (bicyclic) bond motifs is 5. The molecule has 10 aromatic carbocycles. The highest BCUT2D eigenvalue weighted by atomic mass is 16.3. The molecule has 0 aliphatic rings. The third-order valence-corrected chi connectivity index (χ3v) is 13.4. The molecule has 0 radical (unpaired) electrons. The zero-order valence-electron chi connectivity index (χ0n) is 38.6. The van der Waals surface area contributed by atoms with E-state index in [2.05, 4.69) is 247 Å². The fourth-order valence-corrected chi connectivity index (χ4v) is 9.85. The fraction of sp³-hybridized carbons (Fsp3) is 0.125. The third-order valence-electron chi connectivity index (χ3n) is 13.4. The second kappa shape index (κ2) is 16.1. The van der Waals surface area contributed by atoms with Gasteiger partial charge in [-0.15, -0.1) is 0 Å². The van der Waals surface area contributed by atoms with E-state index in [0.717, 1.165) is 61.3 Å². The van der Waals surface area contributed by atoms with Gasteiger partial charge in [-0.1, -0.05) is 211 Å². The van der Waals surface area contributed by atoms with Crippen LogP contribution < -0.4 is 4.90 Å². The Balaban J connectivity index is 1.16. The molecule has 11 rings (SSSR count). The van der Waals surface area contributed by atoms with Crippen LogP contribution in [0.25, 0.3) is 88.0 Å². The number of hydrogen-bond donors (Lipinski definition) is 0. The van der Waals surface area contributed by atoms with E-state index in [4.69, 9.17) is 4.42 Å². The predicted molar refractivity (Wildman–Crippen MR) is 283 cm³/mol. The van der Waals surface area contributed by atoms with Crippen molar-refractivity contribution >= 4 is 60.5 Å². The molecular weight excluding hydrogens is 799 g/mol. The average Bonchev–Trinajstić information content (AvgIpc) is 3.71. The molecule has 1 aromatic heterocycles. The molecule has 2 heteroatoms. The van der Waals surface area contributed by atoms with Gasteiger partial charge < -0.3 is 9.32 Å². The Kier molecular flexibility index (Phi) is 10.0. The topological polar surface area (TPSA) is 16.4 Å². The van der Waals surface area contributed by atoms with Crippen LogP contribution in [0.5, 0.6) is 0 Å². The second-order valence-corrected chi connectivity index (χ2v) is 19.8. The summed E-state index contributed by atoms with van der Waals surface area (Å²) in [4.78, 5) is 2.48. The highest BCUT2D eigenvalue weighted by molar-refractivity contribution is 6.10. The van der Waals surface area contributed by atoms with Crippen molar-refractivity contribution in [1.82, 2.24) is 0 Å². The Labute approximate surface area is 388 Å². The van der Waals surface area contributed by atoms with Crippen LogP contribution in [0.15, 0.2) is 217 Å². The van der Waals surface area contributed by atoms with Crippen LogP contribution in [0, 0.1) is 0 Å². The molecular formula is C64H53NO. The van der Waals surface area contributed by atoms with E-state index in [-0.39, 0.29) is 10.8 Å². The van der Waals surface area contributed by atoms with E-state index < -0.39 is 0 Å². The summed E-state index contributed by atoms with van der Waals surface area (Å²) in [7, 11) is 0. The summed E-state index contributed by atoms with van der Waals surface area (Å²) in [6.07, 6.45) is 0. The van der Waals surface area contributed by atoms with E-state index in [1.807, 2.05) is 12.1 Å². The van der Waals surface area contributed by atoms with Crippen molar-refractivity contribution in [1.29, 1.82) is 0 Å². The van der Waals surface area contributed by atoms with Gasteiger partial charge in [-0.05, 0) is 119 Å². The van der Waals surface area contributed by atoms with Crippen molar-refractivity contribution in [3.63, 3.8) is 0 Å². The molecule has 11 aromatic rings. The Morgan fingerprint density at radius 3 is 1.56 bits per heavy atom. The molecule has 2 nitrogen and oxygen atoms in total. The Bertz CT molecular complexity index is 3590. The van der Waals surface area contributed by atoms with Gasteiger partial charge in [0.15, 0.2) is 0 Å². The van der Waals surface area contributed by atoms with E-state index in [1.54, 1.807) is 0 Å². The Morgan fingerprint density at radius 1 is 0.333 bits per heavy atom. The van der Waals surface area contributed by atoms with Crippen molar-refractivity contribution in [2.75, 3.05) is 4.90 Å². The molecule has 0 bridgehead atoms. The number of hydrogen-bond acceptors (Lipinski definition) is 2. The van der Waals surface area contributed by atoms with Gasteiger partial charge in [0.25, 0.3) is 0 Å². The average molecular weight is 852 g/mol. The van der Waals surface area contributed by atoms with Crippen LogP contribution in [-0.2, 0) is 10.8 Å². The summed E-state index contributed by atoms with van der Waals surface area (Å²) in [6, 6.07) is 78.0. The maximum atomic E-state index is 6.41. The number of rotatable bonds is 7. The van der Waals surface area contributed by atoms with Crippen LogP contribution in [0.1, 0.15) is 52.7 Å². The fourth-order valence-electron chi connectivity index (χ4n) is 9.85. The normalized spacial score (nSPS) is 12.1. The van der Waals surface area contributed by atoms with Crippen molar-refractivity contribution in [2.45, 2.75) is 52.4 Å². The van der Waals surface area contributed by atoms with Gasteiger partial charge in [-0.2, -0.15) is 0 Å². The minimum absolute atomic E-state index is 0.0135. The van der Waals surface area contributed by atoms with E-state index in [1.165, 1.54) is 54.9 Å². The molecule has 0 aliphatic heterocycles. The lowest BCUT2D eigenvalue weighted by Gasteiger charge is -2.31. The SMILES string of the molecule is CC(C)(C)c1cc(-c2cccc3cccc(-c4ccccc4N(c4cccc(-c5ccc6c(c5)oc5ccccc56)c4)c4ccccc4-c4cccc5ccccc45)c23)cc(C(C)(C)C)c1. The van der Waals surface area contributed by atoms with E-state index in [9.17, 15) is 0 Å².